The summed E-state index contributed by atoms with van der Waals surface area (Å²) in [7, 11) is 0. The van der Waals surface area contributed by atoms with Crippen molar-refractivity contribution in [3.63, 3.8) is 0 Å². The standard InChI is InChI=1S/C21H25FN6O3/c1-12(2)25-21(30)31-16-7-8-18(13(9-16)10-23)28-11-17(19(24)29)20(27-28)26-15-5-3-14(22)4-6-15/h3-6,11-13,16,18H,7-9H2,1-2H3,(H2,24,29)(H,25,30)(H,26,27). The number of nitriles is 1. The van der Waals surface area contributed by atoms with E-state index in [1.54, 1.807) is 4.68 Å². The molecule has 1 aromatic carbocycles. The fraction of sp³-hybridized carbons (Fsp3) is 0.429. The molecule has 2 amide bonds. The van der Waals surface area contributed by atoms with Crippen molar-refractivity contribution < 1.29 is 18.7 Å². The molecule has 4 N–H and O–H groups in total. The number of primary amides is 1. The van der Waals surface area contributed by atoms with Gasteiger partial charge in [0, 0.05) is 24.3 Å². The predicted molar refractivity (Wildman–Crippen MR) is 111 cm³/mol. The average Bonchev–Trinajstić information content (AvgIpc) is 3.12. The zero-order valence-electron chi connectivity index (χ0n) is 17.3. The number of nitrogens with zero attached hydrogens (tertiary/aromatic N) is 3. The lowest BCUT2D eigenvalue weighted by Crippen LogP contribution is -2.37. The lowest BCUT2D eigenvalue weighted by Gasteiger charge is -2.32. The molecule has 1 fully saturated rings. The highest BCUT2D eigenvalue weighted by Gasteiger charge is 2.35. The van der Waals surface area contributed by atoms with Crippen molar-refractivity contribution in [2.75, 3.05) is 5.32 Å². The van der Waals surface area contributed by atoms with Gasteiger partial charge in [-0.05, 0) is 51.0 Å². The maximum atomic E-state index is 13.1. The normalized spacial score (nSPS) is 20.7. The van der Waals surface area contributed by atoms with Gasteiger partial charge in [0.15, 0.2) is 5.82 Å². The van der Waals surface area contributed by atoms with Crippen LogP contribution in [-0.2, 0) is 4.74 Å². The van der Waals surface area contributed by atoms with Gasteiger partial charge >= 0.3 is 6.09 Å². The molecule has 2 aromatic rings. The summed E-state index contributed by atoms with van der Waals surface area (Å²) in [5, 5.41) is 19.8. The van der Waals surface area contributed by atoms with E-state index in [4.69, 9.17) is 10.5 Å². The molecule has 0 saturated heterocycles. The number of hydrogen-bond acceptors (Lipinski definition) is 6. The Labute approximate surface area is 179 Å². The number of aromatic nitrogens is 2. The van der Waals surface area contributed by atoms with Crippen LogP contribution in [0.3, 0.4) is 0 Å². The number of rotatable bonds is 6. The third-order valence-corrected chi connectivity index (χ3v) is 5.06. The number of ether oxygens (including phenoxy) is 1. The molecule has 1 aliphatic rings. The second kappa shape index (κ2) is 9.47. The minimum atomic E-state index is -0.674. The van der Waals surface area contributed by atoms with Crippen molar-refractivity contribution in [1.82, 2.24) is 15.1 Å². The summed E-state index contributed by atoms with van der Waals surface area (Å²) >= 11 is 0. The minimum absolute atomic E-state index is 0.0427. The predicted octanol–water partition coefficient (Wildman–Crippen LogP) is 3.23. The molecule has 31 heavy (non-hydrogen) atoms. The van der Waals surface area contributed by atoms with Crippen LogP contribution in [0.25, 0.3) is 0 Å². The van der Waals surface area contributed by atoms with Crippen molar-refractivity contribution in [2.24, 2.45) is 11.7 Å². The van der Waals surface area contributed by atoms with E-state index in [9.17, 15) is 19.2 Å². The van der Waals surface area contributed by atoms with Gasteiger partial charge in [-0.1, -0.05) is 0 Å². The zero-order valence-corrected chi connectivity index (χ0v) is 17.3. The van der Waals surface area contributed by atoms with Gasteiger partial charge < -0.3 is 21.1 Å². The molecule has 0 bridgehead atoms. The molecular formula is C21H25FN6O3. The second-order valence-electron chi connectivity index (χ2n) is 7.81. The molecule has 3 rings (SSSR count). The zero-order chi connectivity index (χ0) is 22.5. The fourth-order valence-corrected chi connectivity index (χ4v) is 3.60. The Hall–Kier alpha value is -3.61. The van der Waals surface area contributed by atoms with E-state index >= 15 is 0 Å². The number of benzene rings is 1. The number of halogens is 1. The molecule has 1 saturated carbocycles. The third-order valence-electron chi connectivity index (χ3n) is 5.06. The van der Waals surface area contributed by atoms with E-state index in [-0.39, 0.29) is 35.4 Å². The summed E-state index contributed by atoms with van der Waals surface area (Å²) in [6.45, 7) is 3.67. The third kappa shape index (κ3) is 5.51. The Morgan fingerprint density at radius 2 is 2.03 bits per heavy atom. The first-order chi connectivity index (χ1) is 14.8. The Morgan fingerprint density at radius 1 is 1.32 bits per heavy atom. The smallest absolute Gasteiger partial charge is 0.407 e. The summed E-state index contributed by atoms with van der Waals surface area (Å²) in [6, 6.07) is 7.51. The fourth-order valence-electron chi connectivity index (χ4n) is 3.60. The van der Waals surface area contributed by atoms with Gasteiger partial charge in [0.2, 0.25) is 0 Å². The van der Waals surface area contributed by atoms with Crippen LogP contribution in [0.2, 0.25) is 0 Å². The lowest BCUT2D eigenvalue weighted by molar-refractivity contribution is 0.0504. The maximum absolute atomic E-state index is 13.1. The molecular weight excluding hydrogens is 403 g/mol. The van der Waals surface area contributed by atoms with Gasteiger partial charge in [0.1, 0.15) is 17.5 Å². The monoisotopic (exact) mass is 428 g/mol. The molecule has 1 aromatic heterocycles. The molecule has 3 unspecified atom stereocenters. The second-order valence-corrected chi connectivity index (χ2v) is 7.81. The van der Waals surface area contributed by atoms with Crippen LogP contribution in [0, 0.1) is 23.1 Å². The van der Waals surface area contributed by atoms with E-state index in [0.717, 1.165) is 0 Å². The quantitative estimate of drug-likeness (QED) is 0.646. The highest BCUT2D eigenvalue weighted by atomic mass is 19.1. The molecule has 9 nitrogen and oxygen atoms in total. The van der Waals surface area contributed by atoms with Crippen molar-refractivity contribution in [1.29, 1.82) is 5.26 Å². The lowest BCUT2D eigenvalue weighted by atomic mass is 9.83. The average molecular weight is 428 g/mol. The number of hydrogen-bond donors (Lipinski definition) is 3. The maximum Gasteiger partial charge on any atom is 0.407 e. The molecule has 164 valence electrons. The van der Waals surface area contributed by atoms with Crippen LogP contribution in [0.15, 0.2) is 30.5 Å². The number of alkyl carbamates (subject to hydrolysis) is 1. The number of carbonyl (C=O) groups is 2. The molecule has 10 heteroatoms. The van der Waals surface area contributed by atoms with Gasteiger partial charge in [-0.25, -0.2) is 9.18 Å². The number of carbonyl (C=O) groups excluding carboxylic acids is 2. The van der Waals surface area contributed by atoms with Crippen molar-refractivity contribution >= 4 is 23.5 Å². The highest BCUT2D eigenvalue weighted by Crippen LogP contribution is 2.36. The highest BCUT2D eigenvalue weighted by molar-refractivity contribution is 5.98. The number of amides is 2. The van der Waals surface area contributed by atoms with Gasteiger partial charge in [0.05, 0.1) is 18.0 Å². The van der Waals surface area contributed by atoms with E-state index in [2.05, 4.69) is 21.8 Å². The van der Waals surface area contributed by atoms with E-state index in [0.29, 0.717) is 24.9 Å². The van der Waals surface area contributed by atoms with Crippen LogP contribution in [0.4, 0.5) is 20.7 Å². The summed E-state index contributed by atoms with van der Waals surface area (Å²) in [6.07, 6.45) is 2.09. The topological polar surface area (TPSA) is 135 Å². The van der Waals surface area contributed by atoms with Crippen LogP contribution in [0.5, 0.6) is 0 Å². The Kier molecular flexibility index (Phi) is 6.74. The molecule has 0 spiro atoms. The van der Waals surface area contributed by atoms with Crippen LogP contribution < -0.4 is 16.4 Å². The van der Waals surface area contributed by atoms with E-state index in [1.807, 2.05) is 13.8 Å². The largest absolute Gasteiger partial charge is 0.446 e. The molecule has 0 aliphatic heterocycles. The van der Waals surface area contributed by atoms with E-state index in [1.165, 1.54) is 30.5 Å². The van der Waals surface area contributed by atoms with E-state index < -0.39 is 17.9 Å². The number of nitrogens with two attached hydrogens (primary N) is 1. The summed E-state index contributed by atoms with van der Waals surface area (Å²) < 4.78 is 20.1. The first kappa shape index (κ1) is 22.1. The summed E-state index contributed by atoms with van der Waals surface area (Å²) in [5.41, 5.74) is 6.20. The van der Waals surface area contributed by atoms with Gasteiger partial charge in [-0.15, -0.1) is 0 Å². The Balaban J connectivity index is 1.76. The SMILES string of the molecule is CC(C)NC(=O)OC1CCC(n2cc(C(N)=O)c(Nc3ccc(F)cc3)n2)C(C#N)C1. The Bertz CT molecular complexity index is 982. The summed E-state index contributed by atoms with van der Waals surface area (Å²) in [5.74, 6) is -1.30. The molecule has 1 heterocycles. The molecule has 3 atom stereocenters. The first-order valence-corrected chi connectivity index (χ1v) is 10.0. The summed E-state index contributed by atoms with van der Waals surface area (Å²) in [4.78, 5) is 23.8. The van der Waals surface area contributed by atoms with Crippen LogP contribution in [0.1, 0.15) is 49.5 Å². The van der Waals surface area contributed by atoms with Crippen molar-refractivity contribution in [3.05, 3.63) is 41.8 Å². The minimum Gasteiger partial charge on any atom is -0.446 e. The molecule has 0 radical (unpaired) electrons. The first-order valence-electron chi connectivity index (χ1n) is 10.0. The Morgan fingerprint density at radius 3 is 2.65 bits per heavy atom. The van der Waals surface area contributed by atoms with Crippen molar-refractivity contribution in [3.8, 4) is 6.07 Å². The van der Waals surface area contributed by atoms with Gasteiger partial charge in [-0.3, -0.25) is 9.48 Å². The van der Waals surface area contributed by atoms with Gasteiger partial charge in [0.25, 0.3) is 5.91 Å². The van der Waals surface area contributed by atoms with Gasteiger partial charge in [-0.2, -0.15) is 10.4 Å². The number of nitrogens with one attached hydrogen (secondary N) is 2. The molecule has 1 aliphatic carbocycles. The van der Waals surface area contributed by atoms with Crippen molar-refractivity contribution in [2.45, 2.75) is 51.3 Å². The number of anilines is 2. The van der Waals surface area contributed by atoms with Crippen LogP contribution >= 0.6 is 0 Å². The van der Waals surface area contributed by atoms with Crippen LogP contribution in [-0.4, -0.2) is 33.9 Å².